The van der Waals surface area contributed by atoms with E-state index < -0.39 is 12.0 Å². The standard InChI is InChI=1S/C21H17Cl2N3O2/c1-14(28-19-8-7-17(22)13-18(19)23)21(27)26-25-20(15-5-3-2-4-6-15)16-9-11-24-12-10-16/h2-14H,1H3,(H,26,27)/b25-20+. The van der Waals surface area contributed by atoms with Crippen LogP contribution in [0.2, 0.25) is 10.0 Å². The molecular weight excluding hydrogens is 397 g/mol. The van der Waals surface area contributed by atoms with Gasteiger partial charge in [-0.3, -0.25) is 9.78 Å². The van der Waals surface area contributed by atoms with E-state index in [4.69, 9.17) is 27.9 Å². The number of hydrogen-bond acceptors (Lipinski definition) is 4. The molecule has 0 bridgehead atoms. The van der Waals surface area contributed by atoms with Crippen molar-refractivity contribution in [2.45, 2.75) is 13.0 Å². The van der Waals surface area contributed by atoms with Crippen molar-refractivity contribution in [1.29, 1.82) is 0 Å². The average Bonchev–Trinajstić information content (AvgIpc) is 2.71. The van der Waals surface area contributed by atoms with Gasteiger partial charge in [-0.1, -0.05) is 53.5 Å². The zero-order chi connectivity index (χ0) is 19.9. The number of ether oxygens (including phenoxy) is 1. The van der Waals surface area contributed by atoms with E-state index in [0.29, 0.717) is 21.5 Å². The summed E-state index contributed by atoms with van der Waals surface area (Å²) in [6.07, 6.45) is 2.53. The molecule has 0 spiro atoms. The first-order valence-corrected chi connectivity index (χ1v) is 9.25. The first-order chi connectivity index (χ1) is 13.5. The molecule has 2 aromatic carbocycles. The fourth-order valence-electron chi connectivity index (χ4n) is 2.42. The van der Waals surface area contributed by atoms with Crippen LogP contribution in [-0.2, 0) is 4.79 Å². The predicted molar refractivity (Wildman–Crippen MR) is 111 cm³/mol. The number of amides is 1. The molecule has 3 rings (SSSR count). The molecule has 0 aliphatic heterocycles. The normalized spacial score (nSPS) is 12.3. The Labute approximate surface area is 173 Å². The number of nitrogens with one attached hydrogen (secondary N) is 1. The van der Waals surface area contributed by atoms with Crippen LogP contribution in [0.15, 0.2) is 78.2 Å². The summed E-state index contributed by atoms with van der Waals surface area (Å²) in [5.41, 5.74) is 4.88. The number of carbonyl (C=O) groups is 1. The lowest BCUT2D eigenvalue weighted by Crippen LogP contribution is -2.34. The molecule has 1 N–H and O–H groups in total. The van der Waals surface area contributed by atoms with Crippen molar-refractivity contribution < 1.29 is 9.53 Å². The Morgan fingerprint density at radius 2 is 1.71 bits per heavy atom. The summed E-state index contributed by atoms with van der Waals surface area (Å²) in [6.45, 7) is 1.62. The molecule has 0 aliphatic rings. The lowest BCUT2D eigenvalue weighted by Gasteiger charge is -2.15. The Morgan fingerprint density at radius 3 is 2.39 bits per heavy atom. The maximum atomic E-state index is 12.5. The van der Waals surface area contributed by atoms with Gasteiger partial charge < -0.3 is 4.74 Å². The third-order valence-electron chi connectivity index (χ3n) is 3.85. The molecule has 7 heteroatoms. The number of halogens is 2. The van der Waals surface area contributed by atoms with Gasteiger partial charge in [0.1, 0.15) is 5.75 Å². The summed E-state index contributed by atoms with van der Waals surface area (Å²) in [6, 6.07) is 18.0. The van der Waals surface area contributed by atoms with Gasteiger partial charge in [-0.2, -0.15) is 5.10 Å². The first kappa shape index (κ1) is 19.9. The molecule has 28 heavy (non-hydrogen) atoms. The van der Waals surface area contributed by atoms with Gasteiger partial charge in [-0.05, 0) is 37.3 Å². The Kier molecular flexibility index (Phi) is 6.63. The minimum atomic E-state index is -0.808. The number of pyridine rings is 1. The van der Waals surface area contributed by atoms with Crippen LogP contribution in [0.3, 0.4) is 0 Å². The van der Waals surface area contributed by atoms with Gasteiger partial charge in [-0.15, -0.1) is 0 Å². The minimum Gasteiger partial charge on any atom is -0.479 e. The summed E-state index contributed by atoms with van der Waals surface area (Å²) in [5.74, 6) is -0.0383. The van der Waals surface area contributed by atoms with E-state index in [1.165, 1.54) is 0 Å². The predicted octanol–water partition coefficient (Wildman–Crippen LogP) is 4.72. The van der Waals surface area contributed by atoms with Crippen molar-refractivity contribution in [2.75, 3.05) is 0 Å². The smallest absolute Gasteiger partial charge is 0.280 e. The van der Waals surface area contributed by atoms with Crippen molar-refractivity contribution in [2.24, 2.45) is 5.10 Å². The third kappa shape index (κ3) is 5.09. The van der Waals surface area contributed by atoms with Crippen LogP contribution in [0, 0.1) is 0 Å². The average molecular weight is 414 g/mol. The molecule has 1 amide bonds. The fourth-order valence-corrected chi connectivity index (χ4v) is 2.87. The van der Waals surface area contributed by atoms with Crippen molar-refractivity contribution in [3.63, 3.8) is 0 Å². The van der Waals surface area contributed by atoms with Crippen molar-refractivity contribution >= 4 is 34.8 Å². The summed E-state index contributed by atoms with van der Waals surface area (Å²) in [5, 5.41) is 5.14. The molecule has 0 saturated heterocycles. The number of nitrogens with zero attached hydrogens (tertiary/aromatic N) is 2. The quantitative estimate of drug-likeness (QED) is 0.469. The topological polar surface area (TPSA) is 63.6 Å². The highest BCUT2D eigenvalue weighted by molar-refractivity contribution is 6.35. The van der Waals surface area contributed by atoms with Crippen LogP contribution in [0.4, 0.5) is 0 Å². The monoisotopic (exact) mass is 413 g/mol. The Hall–Kier alpha value is -2.89. The summed E-state index contributed by atoms with van der Waals surface area (Å²) < 4.78 is 5.62. The molecule has 0 aliphatic carbocycles. The summed E-state index contributed by atoms with van der Waals surface area (Å²) in [4.78, 5) is 16.5. The molecule has 5 nitrogen and oxygen atoms in total. The van der Waals surface area contributed by atoms with Crippen LogP contribution in [-0.4, -0.2) is 22.7 Å². The van der Waals surface area contributed by atoms with Gasteiger partial charge >= 0.3 is 0 Å². The van der Waals surface area contributed by atoms with Crippen molar-refractivity contribution in [3.8, 4) is 5.75 Å². The lowest BCUT2D eigenvalue weighted by molar-refractivity contribution is -0.127. The van der Waals surface area contributed by atoms with Gasteiger partial charge in [0.15, 0.2) is 6.10 Å². The Balaban J connectivity index is 1.77. The van der Waals surface area contributed by atoms with Crippen LogP contribution in [0.5, 0.6) is 5.75 Å². The van der Waals surface area contributed by atoms with E-state index in [1.807, 2.05) is 42.5 Å². The highest BCUT2D eigenvalue weighted by Gasteiger charge is 2.17. The number of hydrogen-bond donors (Lipinski definition) is 1. The summed E-state index contributed by atoms with van der Waals surface area (Å²) in [7, 11) is 0. The molecule has 1 heterocycles. The number of carbonyl (C=O) groups excluding carboxylic acids is 1. The highest BCUT2D eigenvalue weighted by Crippen LogP contribution is 2.28. The van der Waals surface area contributed by atoms with E-state index in [1.54, 1.807) is 37.5 Å². The molecule has 3 aromatic rings. The van der Waals surface area contributed by atoms with Crippen molar-refractivity contribution in [1.82, 2.24) is 10.4 Å². The third-order valence-corrected chi connectivity index (χ3v) is 4.38. The van der Waals surface area contributed by atoms with E-state index >= 15 is 0 Å². The van der Waals surface area contributed by atoms with Crippen LogP contribution < -0.4 is 10.2 Å². The number of benzene rings is 2. The van der Waals surface area contributed by atoms with Gasteiger partial charge in [0.05, 0.1) is 10.7 Å². The SMILES string of the molecule is CC(Oc1ccc(Cl)cc1Cl)C(=O)N/N=C(\c1ccccc1)c1ccncc1. The van der Waals surface area contributed by atoms with Crippen LogP contribution in [0.25, 0.3) is 0 Å². The van der Waals surface area contributed by atoms with E-state index in [-0.39, 0.29) is 0 Å². The highest BCUT2D eigenvalue weighted by atomic mass is 35.5. The number of aromatic nitrogens is 1. The second kappa shape index (κ2) is 9.35. The van der Waals surface area contributed by atoms with Crippen molar-refractivity contribution in [3.05, 3.63) is 94.2 Å². The second-order valence-corrected chi connectivity index (χ2v) is 6.72. The van der Waals surface area contributed by atoms with E-state index in [2.05, 4.69) is 15.5 Å². The maximum Gasteiger partial charge on any atom is 0.280 e. The van der Waals surface area contributed by atoms with Gasteiger partial charge in [0.2, 0.25) is 0 Å². The van der Waals surface area contributed by atoms with E-state index in [9.17, 15) is 4.79 Å². The van der Waals surface area contributed by atoms with Crippen LogP contribution >= 0.6 is 23.2 Å². The molecule has 0 radical (unpaired) electrons. The Bertz CT molecular complexity index is 938. The van der Waals surface area contributed by atoms with Gasteiger partial charge in [0, 0.05) is 28.5 Å². The summed E-state index contributed by atoms with van der Waals surface area (Å²) >= 11 is 12.0. The fraction of sp³-hybridized carbons (Fsp3) is 0.0952. The molecule has 0 saturated carbocycles. The van der Waals surface area contributed by atoms with Gasteiger partial charge in [0.25, 0.3) is 5.91 Å². The number of hydrazone groups is 1. The second-order valence-electron chi connectivity index (χ2n) is 5.87. The zero-order valence-electron chi connectivity index (χ0n) is 15.0. The van der Waals surface area contributed by atoms with Gasteiger partial charge in [-0.25, -0.2) is 5.43 Å². The zero-order valence-corrected chi connectivity index (χ0v) is 16.5. The maximum absolute atomic E-state index is 12.5. The largest absolute Gasteiger partial charge is 0.479 e. The molecule has 142 valence electrons. The van der Waals surface area contributed by atoms with Crippen LogP contribution in [0.1, 0.15) is 18.1 Å². The molecular formula is C21H17Cl2N3O2. The molecule has 1 unspecified atom stereocenters. The minimum absolute atomic E-state index is 0.331. The number of rotatable bonds is 6. The first-order valence-electron chi connectivity index (χ1n) is 8.49. The lowest BCUT2D eigenvalue weighted by atomic mass is 10.0. The molecule has 0 fully saturated rings. The molecule has 1 aromatic heterocycles. The molecule has 1 atom stereocenters. The Morgan fingerprint density at radius 1 is 1.04 bits per heavy atom. The van der Waals surface area contributed by atoms with E-state index in [0.717, 1.165) is 11.1 Å².